The Labute approximate surface area is 64.3 Å². The lowest BCUT2D eigenvalue weighted by atomic mass is 10.5. The first-order valence-electron chi connectivity index (χ1n) is 3.61. The Morgan fingerprint density at radius 2 is 1.90 bits per heavy atom. The summed E-state index contributed by atoms with van der Waals surface area (Å²) in [5.74, 6) is 0. The van der Waals surface area contributed by atoms with E-state index in [1.807, 2.05) is 6.92 Å². The van der Waals surface area contributed by atoms with Gasteiger partial charge in [0.15, 0.2) is 0 Å². The normalized spacial score (nSPS) is 13.5. The summed E-state index contributed by atoms with van der Waals surface area (Å²) in [5.41, 5.74) is 0. The topological polar surface area (TPSA) is 27.7 Å². The molecule has 1 unspecified atom stereocenters. The Bertz CT molecular complexity index is 70.0. The lowest BCUT2D eigenvalue weighted by Crippen LogP contribution is -2.25. The van der Waals surface area contributed by atoms with Crippen LogP contribution in [0.4, 0.5) is 0 Å². The fourth-order valence-corrected chi connectivity index (χ4v) is 1.60. The summed E-state index contributed by atoms with van der Waals surface area (Å²) < 4.78 is 15.5. The van der Waals surface area contributed by atoms with Crippen LogP contribution in [0.1, 0.15) is 20.3 Å². The number of hydrogen-bond acceptors (Lipinski definition) is 3. The summed E-state index contributed by atoms with van der Waals surface area (Å²) in [5, 5.41) is 0. The lowest BCUT2D eigenvalue weighted by molar-refractivity contribution is 0.118. The van der Waals surface area contributed by atoms with Crippen molar-refractivity contribution in [3.63, 3.8) is 0 Å². The van der Waals surface area contributed by atoms with E-state index >= 15 is 0 Å². The molecule has 0 rings (SSSR count). The molecule has 0 saturated carbocycles. The van der Waals surface area contributed by atoms with Crippen molar-refractivity contribution >= 4 is 9.53 Å². The third kappa shape index (κ3) is 4.93. The maximum atomic E-state index is 5.28. The molecule has 1 atom stereocenters. The molecule has 0 heterocycles. The summed E-state index contributed by atoms with van der Waals surface area (Å²) in [7, 11) is -0.103. The van der Waals surface area contributed by atoms with Crippen molar-refractivity contribution in [2.75, 3.05) is 20.3 Å². The zero-order valence-electron chi connectivity index (χ0n) is 6.92. The van der Waals surface area contributed by atoms with Gasteiger partial charge < -0.3 is 13.3 Å². The molecule has 3 nitrogen and oxygen atoms in total. The molecule has 0 N–H and O–H groups in total. The predicted molar refractivity (Wildman–Crippen MR) is 42.0 cm³/mol. The maximum Gasteiger partial charge on any atom is 0.483 e. The standard InChI is InChI=1S/C6H16O3Si/c1-4-6-9-10(7-3)8-5-2/h10H,4-6H2,1-3H3. The van der Waals surface area contributed by atoms with Crippen LogP contribution in [0, 0.1) is 0 Å². The van der Waals surface area contributed by atoms with Crippen LogP contribution in [0.2, 0.25) is 0 Å². The molecule has 0 bridgehead atoms. The van der Waals surface area contributed by atoms with Crippen molar-refractivity contribution in [2.24, 2.45) is 0 Å². The van der Waals surface area contributed by atoms with E-state index < -0.39 is 9.53 Å². The third-order valence-electron chi connectivity index (χ3n) is 0.953. The van der Waals surface area contributed by atoms with E-state index in [0.29, 0.717) is 6.61 Å². The van der Waals surface area contributed by atoms with E-state index in [0.717, 1.165) is 13.0 Å². The highest BCUT2D eigenvalue weighted by molar-refractivity contribution is 6.36. The lowest BCUT2D eigenvalue weighted by Gasteiger charge is -2.11. The molecule has 10 heavy (non-hydrogen) atoms. The molecule has 0 aliphatic carbocycles. The molecule has 0 radical (unpaired) electrons. The molecule has 0 aliphatic heterocycles. The van der Waals surface area contributed by atoms with Gasteiger partial charge in [-0.05, 0) is 13.3 Å². The van der Waals surface area contributed by atoms with E-state index in [1.165, 1.54) is 0 Å². The molecular weight excluding hydrogens is 148 g/mol. The van der Waals surface area contributed by atoms with Gasteiger partial charge in [0.25, 0.3) is 0 Å². The molecule has 0 aliphatic rings. The minimum absolute atomic E-state index is 0.675. The van der Waals surface area contributed by atoms with Crippen LogP contribution in [0.15, 0.2) is 0 Å². The average Bonchev–Trinajstić information content (AvgIpc) is 1.98. The van der Waals surface area contributed by atoms with E-state index in [4.69, 9.17) is 13.3 Å². The minimum Gasteiger partial charge on any atom is -0.379 e. The Morgan fingerprint density at radius 1 is 1.20 bits per heavy atom. The zero-order chi connectivity index (χ0) is 7.82. The second-order valence-electron chi connectivity index (χ2n) is 1.85. The van der Waals surface area contributed by atoms with Gasteiger partial charge >= 0.3 is 9.53 Å². The molecule has 0 aromatic carbocycles. The van der Waals surface area contributed by atoms with Crippen LogP contribution in [-0.2, 0) is 13.3 Å². The summed E-state index contributed by atoms with van der Waals surface area (Å²) in [6.07, 6.45) is 1.01. The Kier molecular flexibility index (Phi) is 7.28. The highest BCUT2D eigenvalue weighted by Crippen LogP contribution is 1.91. The van der Waals surface area contributed by atoms with Crippen molar-refractivity contribution in [1.29, 1.82) is 0 Å². The van der Waals surface area contributed by atoms with E-state index in [1.54, 1.807) is 7.11 Å². The van der Waals surface area contributed by atoms with Crippen LogP contribution in [-0.4, -0.2) is 29.9 Å². The van der Waals surface area contributed by atoms with Gasteiger partial charge in [-0.15, -0.1) is 0 Å². The maximum absolute atomic E-state index is 5.28. The summed E-state index contributed by atoms with van der Waals surface area (Å²) in [6.45, 7) is 5.42. The second kappa shape index (κ2) is 7.21. The van der Waals surface area contributed by atoms with E-state index in [-0.39, 0.29) is 0 Å². The summed E-state index contributed by atoms with van der Waals surface area (Å²) in [4.78, 5) is 0. The van der Waals surface area contributed by atoms with Crippen LogP contribution in [0.5, 0.6) is 0 Å². The summed E-state index contributed by atoms with van der Waals surface area (Å²) >= 11 is 0. The second-order valence-corrected chi connectivity index (χ2v) is 3.57. The van der Waals surface area contributed by atoms with E-state index in [2.05, 4.69) is 6.92 Å². The molecule has 0 aromatic rings. The van der Waals surface area contributed by atoms with Gasteiger partial charge in [0.2, 0.25) is 0 Å². The minimum atomic E-state index is -1.73. The molecular formula is C6H16O3Si. The quantitative estimate of drug-likeness (QED) is 0.544. The predicted octanol–water partition coefficient (Wildman–Crippen LogP) is 0.813. The van der Waals surface area contributed by atoms with Crippen molar-refractivity contribution < 1.29 is 13.3 Å². The Hall–Kier alpha value is 0.0969. The van der Waals surface area contributed by atoms with E-state index in [9.17, 15) is 0 Å². The van der Waals surface area contributed by atoms with Gasteiger partial charge in [-0.1, -0.05) is 6.92 Å². The Balaban J connectivity index is 3.21. The van der Waals surface area contributed by atoms with Crippen molar-refractivity contribution in [3.8, 4) is 0 Å². The van der Waals surface area contributed by atoms with Crippen LogP contribution in [0.3, 0.4) is 0 Å². The first kappa shape index (κ1) is 10.1. The molecule has 0 saturated heterocycles. The van der Waals surface area contributed by atoms with Gasteiger partial charge in [0.1, 0.15) is 0 Å². The molecule has 0 fully saturated rings. The van der Waals surface area contributed by atoms with Crippen LogP contribution < -0.4 is 0 Å². The number of rotatable bonds is 6. The molecule has 0 amide bonds. The number of hydrogen-bond donors (Lipinski definition) is 0. The van der Waals surface area contributed by atoms with Crippen LogP contribution in [0.25, 0.3) is 0 Å². The first-order chi connectivity index (χ1) is 4.85. The van der Waals surface area contributed by atoms with Crippen molar-refractivity contribution in [3.05, 3.63) is 0 Å². The van der Waals surface area contributed by atoms with Gasteiger partial charge in [0, 0.05) is 20.3 Å². The monoisotopic (exact) mass is 164 g/mol. The third-order valence-corrected chi connectivity index (χ3v) is 2.45. The average molecular weight is 164 g/mol. The summed E-state index contributed by atoms with van der Waals surface area (Å²) in [6, 6.07) is 0. The van der Waals surface area contributed by atoms with Crippen molar-refractivity contribution in [1.82, 2.24) is 0 Å². The van der Waals surface area contributed by atoms with Crippen molar-refractivity contribution in [2.45, 2.75) is 20.3 Å². The largest absolute Gasteiger partial charge is 0.483 e. The first-order valence-corrected chi connectivity index (χ1v) is 5.02. The van der Waals surface area contributed by atoms with Crippen LogP contribution >= 0.6 is 0 Å². The fraction of sp³-hybridized carbons (Fsp3) is 1.00. The highest BCUT2D eigenvalue weighted by Gasteiger charge is 2.10. The van der Waals surface area contributed by atoms with Gasteiger partial charge in [-0.25, -0.2) is 0 Å². The fourth-order valence-electron chi connectivity index (χ4n) is 0.534. The SMILES string of the molecule is CCCO[SiH](OC)OCC. The van der Waals surface area contributed by atoms with Gasteiger partial charge in [-0.2, -0.15) is 0 Å². The van der Waals surface area contributed by atoms with Gasteiger partial charge in [0.05, 0.1) is 0 Å². The Morgan fingerprint density at radius 3 is 2.30 bits per heavy atom. The molecule has 4 heteroatoms. The zero-order valence-corrected chi connectivity index (χ0v) is 8.08. The molecule has 0 aromatic heterocycles. The highest BCUT2D eigenvalue weighted by atomic mass is 28.3. The molecule has 0 spiro atoms. The smallest absolute Gasteiger partial charge is 0.379 e. The van der Waals surface area contributed by atoms with Gasteiger partial charge in [-0.3, -0.25) is 0 Å². The molecule has 62 valence electrons.